The Morgan fingerprint density at radius 2 is 2.15 bits per heavy atom. The fraction of sp³-hybridized carbons (Fsp3) is 0.750. The van der Waals surface area contributed by atoms with Crippen LogP contribution in [0.4, 0.5) is 0 Å². The molecule has 1 aliphatic rings. The average molecular weight is 303 g/mol. The third-order valence-corrected chi connectivity index (χ3v) is 5.12. The highest BCUT2D eigenvalue weighted by Gasteiger charge is 2.37. The number of hydrogen-bond donors (Lipinski definition) is 2. The van der Waals surface area contributed by atoms with Gasteiger partial charge < -0.3 is 14.4 Å². The lowest BCUT2D eigenvalue weighted by Crippen LogP contribution is -2.54. The van der Waals surface area contributed by atoms with E-state index in [4.69, 9.17) is 4.74 Å². The average Bonchev–Trinajstić information content (AvgIpc) is 2.81. The number of imidazole rings is 1. The zero-order valence-electron chi connectivity index (χ0n) is 11.8. The largest absolute Gasteiger partial charge is 0.394 e. The maximum absolute atomic E-state index is 12.4. The molecule has 1 aromatic rings. The van der Waals surface area contributed by atoms with Crippen LogP contribution in [0.25, 0.3) is 0 Å². The molecule has 0 spiro atoms. The SMILES string of the molecule is CCn1cc(S(=O)(=O)NC2(CO)CCOCC2)nc1C. The van der Waals surface area contributed by atoms with E-state index in [9.17, 15) is 13.5 Å². The third-order valence-electron chi connectivity index (χ3n) is 3.67. The van der Waals surface area contributed by atoms with Crippen LogP contribution in [-0.4, -0.2) is 48.4 Å². The molecule has 0 aliphatic carbocycles. The van der Waals surface area contributed by atoms with Crippen LogP contribution < -0.4 is 4.72 Å². The number of ether oxygens (including phenoxy) is 1. The number of nitrogens with one attached hydrogen (secondary N) is 1. The van der Waals surface area contributed by atoms with E-state index in [0.29, 0.717) is 38.4 Å². The van der Waals surface area contributed by atoms with Gasteiger partial charge >= 0.3 is 0 Å². The van der Waals surface area contributed by atoms with Crippen molar-refractivity contribution < 1.29 is 18.3 Å². The van der Waals surface area contributed by atoms with Crippen molar-refractivity contribution >= 4 is 10.0 Å². The summed E-state index contributed by atoms with van der Waals surface area (Å²) >= 11 is 0. The molecular formula is C12H21N3O4S. The molecule has 1 aliphatic heterocycles. The number of hydrogen-bond acceptors (Lipinski definition) is 5. The monoisotopic (exact) mass is 303 g/mol. The molecule has 0 radical (unpaired) electrons. The summed E-state index contributed by atoms with van der Waals surface area (Å²) < 4.78 is 34.4. The lowest BCUT2D eigenvalue weighted by atomic mass is 9.93. The quantitative estimate of drug-likeness (QED) is 0.800. The van der Waals surface area contributed by atoms with Crippen LogP contribution in [-0.2, 0) is 21.3 Å². The highest BCUT2D eigenvalue weighted by Crippen LogP contribution is 2.23. The third kappa shape index (κ3) is 3.03. The Hall–Kier alpha value is -0.960. The van der Waals surface area contributed by atoms with Gasteiger partial charge in [0.15, 0.2) is 5.03 Å². The molecular weight excluding hydrogens is 282 g/mol. The predicted molar refractivity (Wildman–Crippen MR) is 72.8 cm³/mol. The molecule has 1 saturated heterocycles. The van der Waals surface area contributed by atoms with Gasteiger partial charge in [0, 0.05) is 26.0 Å². The minimum atomic E-state index is -3.74. The van der Waals surface area contributed by atoms with Crippen molar-refractivity contribution in [3.05, 3.63) is 12.0 Å². The Balaban J connectivity index is 2.25. The lowest BCUT2D eigenvalue weighted by Gasteiger charge is -2.35. The van der Waals surface area contributed by atoms with Crippen LogP contribution in [0, 0.1) is 6.92 Å². The Morgan fingerprint density at radius 1 is 1.50 bits per heavy atom. The maximum atomic E-state index is 12.4. The Labute approximate surface area is 119 Å². The molecule has 2 N–H and O–H groups in total. The summed E-state index contributed by atoms with van der Waals surface area (Å²) in [4.78, 5) is 4.08. The van der Waals surface area contributed by atoms with Crippen LogP contribution in [0.5, 0.6) is 0 Å². The molecule has 1 aromatic heterocycles. The summed E-state index contributed by atoms with van der Waals surface area (Å²) in [5, 5.41) is 9.55. The molecule has 2 heterocycles. The van der Waals surface area contributed by atoms with Gasteiger partial charge in [-0.05, 0) is 26.7 Å². The molecule has 0 atom stereocenters. The van der Waals surface area contributed by atoms with Gasteiger partial charge in [-0.2, -0.15) is 0 Å². The first-order valence-corrected chi connectivity index (χ1v) is 8.17. The fourth-order valence-corrected chi connectivity index (χ4v) is 3.78. The van der Waals surface area contributed by atoms with Crippen molar-refractivity contribution in [3.8, 4) is 0 Å². The van der Waals surface area contributed by atoms with Crippen molar-refractivity contribution in [3.63, 3.8) is 0 Å². The maximum Gasteiger partial charge on any atom is 0.260 e. The smallest absolute Gasteiger partial charge is 0.260 e. The number of sulfonamides is 1. The second-order valence-corrected chi connectivity index (χ2v) is 6.70. The molecule has 0 bridgehead atoms. The van der Waals surface area contributed by atoms with E-state index in [1.807, 2.05) is 6.92 Å². The van der Waals surface area contributed by atoms with E-state index >= 15 is 0 Å². The molecule has 0 aromatic carbocycles. The number of aliphatic hydroxyl groups is 1. The molecule has 2 rings (SSSR count). The van der Waals surface area contributed by atoms with Crippen molar-refractivity contribution in [2.24, 2.45) is 0 Å². The first-order chi connectivity index (χ1) is 9.42. The number of aromatic nitrogens is 2. The number of rotatable bonds is 5. The predicted octanol–water partition coefficient (Wildman–Crippen LogP) is 0.0312. The second kappa shape index (κ2) is 5.80. The van der Waals surface area contributed by atoms with E-state index in [0.717, 1.165) is 0 Å². The van der Waals surface area contributed by atoms with E-state index in [1.165, 1.54) is 6.20 Å². The minimum absolute atomic E-state index is 0.00355. The van der Waals surface area contributed by atoms with Gasteiger partial charge in [0.25, 0.3) is 10.0 Å². The summed E-state index contributed by atoms with van der Waals surface area (Å²) in [5.74, 6) is 0.651. The molecule has 0 saturated carbocycles. The van der Waals surface area contributed by atoms with E-state index in [2.05, 4.69) is 9.71 Å². The summed E-state index contributed by atoms with van der Waals surface area (Å²) in [6.45, 7) is 4.97. The summed E-state index contributed by atoms with van der Waals surface area (Å²) in [5.41, 5.74) is -0.846. The summed E-state index contributed by atoms with van der Waals surface area (Å²) in [6, 6.07) is 0. The topological polar surface area (TPSA) is 93.5 Å². The number of nitrogens with zero attached hydrogens (tertiary/aromatic N) is 2. The van der Waals surface area contributed by atoms with Crippen molar-refractivity contribution in [1.29, 1.82) is 0 Å². The van der Waals surface area contributed by atoms with Gasteiger partial charge in [0.05, 0.1) is 12.1 Å². The minimum Gasteiger partial charge on any atom is -0.394 e. The normalized spacial score (nSPS) is 19.1. The lowest BCUT2D eigenvalue weighted by molar-refractivity contribution is 0.0222. The molecule has 0 amide bonds. The second-order valence-electron chi connectivity index (χ2n) is 5.07. The number of aliphatic hydroxyl groups excluding tert-OH is 1. The van der Waals surface area contributed by atoms with Gasteiger partial charge in [-0.3, -0.25) is 0 Å². The molecule has 114 valence electrons. The first-order valence-electron chi connectivity index (χ1n) is 6.69. The highest BCUT2D eigenvalue weighted by molar-refractivity contribution is 7.89. The van der Waals surface area contributed by atoms with Crippen LogP contribution in [0.2, 0.25) is 0 Å². The van der Waals surface area contributed by atoms with Crippen molar-refractivity contribution in [1.82, 2.24) is 14.3 Å². The van der Waals surface area contributed by atoms with Crippen LogP contribution in [0.3, 0.4) is 0 Å². The standard InChI is InChI=1S/C12H21N3O4S/c1-3-15-8-11(13-10(15)2)20(17,18)14-12(9-16)4-6-19-7-5-12/h8,14,16H,3-7,9H2,1-2H3. The van der Waals surface area contributed by atoms with E-state index in [-0.39, 0.29) is 11.6 Å². The van der Waals surface area contributed by atoms with Crippen molar-refractivity contribution in [2.75, 3.05) is 19.8 Å². The molecule has 7 nitrogen and oxygen atoms in total. The first kappa shape index (κ1) is 15.4. The molecule has 1 fully saturated rings. The summed E-state index contributed by atoms with van der Waals surface area (Å²) in [6.07, 6.45) is 2.43. The van der Waals surface area contributed by atoms with Gasteiger partial charge in [-0.15, -0.1) is 0 Å². The van der Waals surface area contributed by atoms with Gasteiger partial charge in [-0.25, -0.2) is 18.1 Å². The van der Waals surface area contributed by atoms with Crippen LogP contribution in [0.15, 0.2) is 11.2 Å². The van der Waals surface area contributed by atoms with E-state index in [1.54, 1.807) is 11.5 Å². The zero-order valence-corrected chi connectivity index (χ0v) is 12.6. The Morgan fingerprint density at radius 3 is 2.65 bits per heavy atom. The Kier molecular flexibility index (Phi) is 4.48. The molecule has 0 unspecified atom stereocenters. The number of aryl methyl sites for hydroxylation is 2. The van der Waals surface area contributed by atoms with Gasteiger partial charge in [0.2, 0.25) is 0 Å². The van der Waals surface area contributed by atoms with Crippen LogP contribution >= 0.6 is 0 Å². The zero-order chi connectivity index (χ0) is 14.8. The molecule has 20 heavy (non-hydrogen) atoms. The van der Waals surface area contributed by atoms with Crippen LogP contribution in [0.1, 0.15) is 25.6 Å². The van der Waals surface area contributed by atoms with Gasteiger partial charge in [0.1, 0.15) is 5.82 Å². The van der Waals surface area contributed by atoms with Gasteiger partial charge in [-0.1, -0.05) is 0 Å². The highest BCUT2D eigenvalue weighted by atomic mass is 32.2. The molecule has 8 heteroatoms. The fourth-order valence-electron chi connectivity index (χ4n) is 2.32. The summed E-state index contributed by atoms with van der Waals surface area (Å²) in [7, 11) is -3.74. The Bertz CT molecular complexity index is 561. The van der Waals surface area contributed by atoms with Crippen molar-refractivity contribution in [2.45, 2.75) is 43.8 Å². The van der Waals surface area contributed by atoms with E-state index < -0.39 is 15.6 Å².